The number of aliphatic hydroxyl groups is 1. The second-order valence-corrected chi connectivity index (χ2v) is 3.19. The summed E-state index contributed by atoms with van der Waals surface area (Å²) in [5.41, 5.74) is 0. The van der Waals surface area contributed by atoms with Crippen molar-refractivity contribution in [2.24, 2.45) is 5.92 Å². The lowest BCUT2D eigenvalue weighted by Gasteiger charge is -2.31. The van der Waals surface area contributed by atoms with Crippen molar-refractivity contribution in [2.45, 2.75) is 12.8 Å². The summed E-state index contributed by atoms with van der Waals surface area (Å²) in [5.74, 6) is 0.274. The number of carbonyl (C=O) groups is 1. The molecule has 2 amide bonds. The Kier molecular flexibility index (Phi) is 3.34. The fourth-order valence-corrected chi connectivity index (χ4v) is 1.56. The van der Waals surface area contributed by atoms with Gasteiger partial charge in [0, 0.05) is 26.7 Å². The third-order valence-corrected chi connectivity index (χ3v) is 2.28. The molecule has 0 saturated carbocycles. The number of nitrogens with zero attached hydrogens (tertiary/aromatic N) is 1. The maximum absolute atomic E-state index is 11.2. The molecule has 2 N–H and O–H groups in total. The molecule has 4 nitrogen and oxygen atoms in total. The average Bonchev–Trinajstić information content (AvgIpc) is 2.17. The van der Waals surface area contributed by atoms with E-state index in [1.165, 1.54) is 0 Å². The molecule has 1 rings (SSSR count). The Morgan fingerprint density at radius 1 is 1.75 bits per heavy atom. The Bertz CT molecular complexity index is 161. The van der Waals surface area contributed by atoms with E-state index in [0.717, 1.165) is 19.4 Å². The first-order valence-electron chi connectivity index (χ1n) is 4.35. The van der Waals surface area contributed by atoms with E-state index in [0.29, 0.717) is 6.54 Å². The third-order valence-electron chi connectivity index (χ3n) is 2.28. The number of likely N-dealkylation sites (tertiary alicyclic amines) is 1. The molecule has 0 spiro atoms. The SMILES string of the molecule is CNC(=O)N1CCCC(CO)C1. The van der Waals surface area contributed by atoms with Crippen molar-refractivity contribution in [3.05, 3.63) is 0 Å². The maximum Gasteiger partial charge on any atom is 0.317 e. The molecule has 0 aromatic heterocycles. The highest BCUT2D eigenvalue weighted by molar-refractivity contribution is 5.73. The molecular weight excluding hydrogens is 156 g/mol. The van der Waals surface area contributed by atoms with Gasteiger partial charge in [0.05, 0.1) is 0 Å². The molecule has 1 saturated heterocycles. The first kappa shape index (κ1) is 9.32. The van der Waals surface area contributed by atoms with E-state index < -0.39 is 0 Å². The number of piperidine rings is 1. The summed E-state index contributed by atoms with van der Waals surface area (Å²) in [7, 11) is 1.63. The molecule has 1 heterocycles. The van der Waals surface area contributed by atoms with Crippen molar-refractivity contribution in [2.75, 3.05) is 26.7 Å². The lowest BCUT2D eigenvalue weighted by molar-refractivity contribution is 0.130. The highest BCUT2D eigenvalue weighted by atomic mass is 16.3. The molecule has 0 aromatic carbocycles. The molecule has 0 bridgehead atoms. The van der Waals surface area contributed by atoms with Gasteiger partial charge in [-0.1, -0.05) is 0 Å². The van der Waals surface area contributed by atoms with Crippen LogP contribution in [0.15, 0.2) is 0 Å². The molecule has 0 radical (unpaired) electrons. The Hall–Kier alpha value is -0.770. The van der Waals surface area contributed by atoms with E-state index >= 15 is 0 Å². The molecular formula is C8H16N2O2. The van der Waals surface area contributed by atoms with Crippen LogP contribution in [0.25, 0.3) is 0 Å². The number of urea groups is 1. The monoisotopic (exact) mass is 172 g/mol. The van der Waals surface area contributed by atoms with Crippen LogP contribution in [0.3, 0.4) is 0 Å². The number of aliphatic hydroxyl groups excluding tert-OH is 1. The Morgan fingerprint density at radius 3 is 3.08 bits per heavy atom. The Labute approximate surface area is 72.6 Å². The second-order valence-electron chi connectivity index (χ2n) is 3.19. The number of hydrogen-bond donors (Lipinski definition) is 2. The van der Waals surface area contributed by atoms with Crippen molar-refractivity contribution in [3.63, 3.8) is 0 Å². The molecule has 1 aliphatic heterocycles. The van der Waals surface area contributed by atoms with E-state index in [4.69, 9.17) is 5.11 Å². The molecule has 12 heavy (non-hydrogen) atoms. The predicted molar refractivity (Wildman–Crippen MR) is 45.8 cm³/mol. The summed E-state index contributed by atoms with van der Waals surface area (Å²) < 4.78 is 0. The number of rotatable bonds is 1. The Morgan fingerprint density at radius 2 is 2.50 bits per heavy atom. The van der Waals surface area contributed by atoms with Crippen LogP contribution in [0, 0.1) is 5.92 Å². The lowest BCUT2D eigenvalue weighted by atomic mass is 9.99. The van der Waals surface area contributed by atoms with Crippen LogP contribution in [0.2, 0.25) is 0 Å². The van der Waals surface area contributed by atoms with Gasteiger partial charge in [-0.3, -0.25) is 0 Å². The summed E-state index contributed by atoms with van der Waals surface area (Å²) >= 11 is 0. The van der Waals surface area contributed by atoms with Gasteiger partial charge in [0.25, 0.3) is 0 Å². The van der Waals surface area contributed by atoms with Crippen LogP contribution in [0.5, 0.6) is 0 Å². The average molecular weight is 172 g/mol. The minimum Gasteiger partial charge on any atom is -0.396 e. The molecule has 1 aliphatic rings. The van der Waals surface area contributed by atoms with E-state index in [-0.39, 0.29) is 18.6 Å². The van der Waals surface area contributed by atoms with Crippen LogP contribution < -0.4 is 5.32 Å². The van der Waals surface area contributed by atoms with Crippen molar-refractivity contribution in [1.29, 1.82) is 0 Å². The van der Waals surface area contributed by atoms with Crippen molar-refractivity contribution < 1.29 is 9.90 Å². The summed E-state index contributed by atoms with van der Waals surface area (Å²) in [5, 5.41) is 11.5. The first-order valence-corrected chi connectivity index (χ1v) is 4.35. The van der Waals surface area contributed by atoms with Crippen molar-refractivity contribution >= 4 is 6.03 Å². The first-order chi connectivity index (χ1) is 5.77. The topological polar surface area (TPSA) is 52.6 Å². The summed E-state index contributed by atoms with van der Waals surface area (Å²) in [6, 6.07) is -0.0341. The second kappa shape index (κ2) is 4.30. The fourth-order valence-electron chi connectivity index (χ4n) is 1.56. The summed E-state index contributed by atoms with van der Waals surface area (Å²) in [6.07, 6.45) is 2.03. The van der Waals surface area contributed by atoms with Gasteiger partial charge in [0.15, 0.2) is 0 Å². The zero-order valence-corrected chi connectivity index (χ0v) is 7.42. The van der Waals surface area contributed by atoms with E-state index in [2.05, 4.69) is 5.32 Å². The number of hydrogen-bond acceptors (Lipinski definition) is 2. The molecule has 0 aliphatic carbocycles. The van der Waals surface area contributed by atoms with Crippen LogP contribution in [0.4, 0.5) is 4.79 Å². The minimum absolute atomic E-state index is 0.0341. The highest BCUT2D eigenvalue weighted by Gasteiger charge is 2.21. The molecule has 0 aromatic rings. The van der Waals surface area contributed by atoms with Gasteiger partial charge in [-0.05, 0) is 18.8 Å². The van der Waals surface area contributed by atoms with Crippen LogP contribution in [-0.4, -0.2) is 42.8 Å². The number of amides is 2. The van der Waals surface area contributed by atoms with Gasteiger partial charge in [-0.15, -0.1) is 0 Å². The maximum atomic E-state index is 11.2. The minimum atomic E-state index is -0.0341. The summed E-state index contributed by atoms with van der Waals surface area (Å²) in [6.45, 7) is 1.69. The van der Waals surface area contributed by atoms with Crippen LogP contribution in [-0.2, 0) is 0 Å². The largest absolute Gasteiger partial charge is 0.396 e. The Balaban J connectivity index is 2.40. The normalized spacial score (nSPS) is 23.8. The van der Waals surface area contributed by atoms with E-state index in [1.54, 1.807) is 11.9 Å². The molecule has 1 fully saturated rings. The smallest absolute Gasteiger partial charge is 0.317 e. The lowest BCUT2D eigenvalue weighted by Crippen LogP contribution is -2.45. The van der Waals surface area contributed by atoms with Gasteiger partial charge in [0.1, 0.15) is 0 Å². The highest BCUT2D eigenvalue weighted by Crippen LogP contribution is 2.15. The molecule has 70 valence electrons. The predicted octanol–water partition coefficient (Wildman–Crippen LogP) is 0.0301. The fraction of sp³-hybridized carbons (Fsp3) is 0.875. The standard InChI is InChI=1S/C8H16N2O2/c1-9-8(12)10-4-2-3-7(5-10)6-11/h7,11H,2-6H2,1H3,(H,9,12). The van der Waals surface area contributed by atoms with Crippen molar-refractivity contribution in [3.8, 4) is 0 Å². The molecule has 1 atom stereocenters. The van der Waals surface area contributed by atoms with Gasteiger partial charge >= 0.3 is 6.03 Å². The van der Waals surface area contributed by atoms with Crippen LogP contribution >= 0.6 is 0 Å². The quantitative estimate of drug-likeness (QED) is 0.586. The van der Waals surface area contributed by atoms with Crippen LogP contribution in [0.1, 0.15) is 12.8 Å². The number of nitrogens with one attached hydrogen (secondary N) is 1. The number of carbonyl (C=O) groups excluding carboxylic acids is 1. The van der Waals surface area contributed by atoms with Gasteiger partial charge in [-0.25, -0.2) is 4.79 Å². The molecule has 4 heteroatoms. The van der Waals surface area contributed by atoms with E-state index in [1.807, 2.05) is 0 Å². The van der Waals surface area contributed by atoms with Gasteiger partial charge in [-0.2, -0.15) is 0 Å². The zero-order chi connectivity index (χ0) is 8.97. The molecule has 1 unspecified atom stereocenters. The summed E-state index contributed by atoms with van der Waals surface area (Å²) in [4.78, 5) is 12.9. The third kappa shape index (κ3) is 2.11. The van der Waals surface area contributed by atoms with E-state index in [9.17, 15) is 4.79 Å². The van der Waals surface area contributed by atoms with Gasteiger partial charge < -0.3 is 15.3 Å². The zero-order valence-electron chi connectivity index (χ0n) is 7.42. The van der Waals surface area contributed by atoms with Crippen molar-refractivity contribution in [1.82, 2.24) is 10.2 Å². The van der Waals surface area contributed by atoms with Gasteiger partial charge in [0.2, 0.25) is 0 Å².